The minimum Gasteiger partial charge on any atom is -0.422 e. The maximum Gasteiger partial charge on any atom is 0.344 e. The Hall–Kier alpha value is -2.62. The first kappa shape index (κ1) is 10.5. The monoisotopic (exact) mass is 238 g/mol. The van der Waals surface area contributed by atoms with E-state index in [4.69, 9.17) is 10.2 Å². The number of nitrogens with two attached hydrogens (primary N) is 1. The molecule has 2 N–H and O–H groups in total. The van der Waals surface area contributed by atoms with Crippen molar-refractivity contribution in [1.82, 2.24) is 0 Å². The second-order valence-corrected chi connectivity index (χ2v) is 3.89. The van der Waals surface area contributed by atoms with Gasteiger partial charge in [0.2, 0.25) is 5.91 Å². The summed E-state index contributed by atoms with van der Waals surface area (Å²) in [6, 6.07) is 12.8. The van der Waals surface area contributed by atoms with Gasteiger partial charge in [-0.05, 0) is 24.3 Å². The van der Waals surface area contributed by atoms with Crippen LogP contribution in [0.2, 0.25) is 0 Å². The lowest BCUT2D eigenvalue weighted by molar-refractivity contribution is 0.100. The summed E-state index contributed by atoms with van der Waals surface area (Å²) >= 11 is 0. The average molecular weight is 238 g/mol. The number of hydrogen-bond acceptors (Lipinski definition) is 3. The summed E-state index contributed by atoms with van der Waals surface area (Å²) in [5.74, 6) is -0.598. The van der Waals surface area contributed by atoms with Crippen molar-refractivity contribution in [2.75, 3.05) is 0 Å². The molecular weight excluding hydrogens is 230 g/mol. The van der Waals surface area contributed by atoms with E-state index in [1.165, 1.54) is 6.07 Å². The van der Waals surface area contributed by atoms with Gasteiger partial charge in [0.25, 0.3) is 0 Å². The average Bonchev–Trinajstić information content (AvgIpc) is 2.38. The summed E-state index contributed by atoms with van der Waals surface area (Å²) in [5.41, 5.74) is 5.46. The predicted molar refractivity (Wildman–Crippen MR) is 67.3 cm³/mol. The first-order chi connectivity index (χ1) is 8.68. The maximum absolute atomic E-state index is 11.8. The van der Waals surface area contributed by atoms with Gasteiger partial charge in [-0.3, -0.25) is 4.79 Å². The Morgan fingerprint density at radius 3 is 2.61 bits per heavy atom. The van der Waals surface area contributed by atoms with E-state index < -0.39 is 11.5 Å². The minimum absolute atomic E-state index is 0.229. The van der Waals surface area contributed by atoms with Crippen LogP contribution in [0.5, 0.6) is 0 Å². The van der Waals surface area contributed by atoms with Crippen molar-refractivity contribution in [2.45, 2.75) is 0 Å². The Morgan fingerprint density at radius 2 is 1.89 bits per heavy atom. The van der Waals surface area contributed by atoms with Crippen LogP contribution in [0.4, 0.5) is 0 Å². The maximum atomic E-state index is 11.8. The summed E-state index contributed by atoms with van der Waals surface area (Å²) in [6.45, 7) is 0. The zero-order valence-corrected chi connectivity index (χ0v) is 9.27. The molecule has 0 atom stereocenters. The molecule has 4 heteroatoms. The van der Waals surface area contributed by atoms with E-state index in [2.05, 4.69) is 6.07 Å². The van der Waals surface area contributed by atoms with E-state index in [1.807, 2.05) is 0 Å². The Morgan fingerprint density at radius 1 is 1.17 bits per heavy atom. The molecule has 0 spiro atoms. The molecule has 18 heavy (non-hydrogen) atoms. The highest BCUT2D eigenvalue weighted by molar-refractivity contribution is 6.15. The largest absolute Gasteiger partial charge is 0.422 e. The van der Waals surface area contributed by atoms with Crippen molar-refractivity contribution in [3.05, 3.63) is 58.4 Å². The second kappa shape index (κ2) is 3.70. The molecule has 1 heterocycles. The molecular formula is C14H8NO3. The molecule has 0 fully saturated rings. The normalized spacial score (nSPS) is 10.9. The van der Waals surface area contributed by atoms with Gasteiger partial charge in [0.15, 0.2) is 0 Å². The molecule has 0 saturated carbocycles. The summed E-state index contributed by atoms with van der Waals surface area (Å²) in [4.78, 5) is 23.2. The van der Waals surface area contributed by atoms with Gasteiger partial charge in [0, 0.05) is 10.8 Å². The summed E-state index contributed by atoms with van der Waals surface area (Å²) < 4.78 is 5.18. The van der Waals surface area contributed by atoms with Crippen LogP contribution in [0.15, 0.2) is 45.6 Å². The van der Waals surface area contributed by atoms with E-state index in [1.54, 1.807) is 30.3 Å². The Labute approximate surface area is 102 Å². The fraction of sp³-hybridized carbons (Fsp3) is 0. The van der Waals surface area contributed by atoms with Crippen LogP contribution < -0.4 is 11.4 Å². The van der Waals surface area contributed by atoms with Crippen LogP contribution in [0.3, 0.4) is 0 Å². The SMILES string of the molecule is NC(=O)c1[c]ccc2oc(=O)c3ccccc3c12. The van der Waals surface area contributed by atoms with Crippen LogP contribution in [0.1, 0.15) is 10.4 Å². The zero-order chi connectivity index (χ0) is 12.7. The third kappa shape index (κ3) is 1.39. The van der Waals surface area contributed by atoms with Gasteiger partial charge >= 0.3 is 5.63 Å². The quantitative estimate of drug-likeness (QED) is 0.519. The fourth-order valence-electron chi connectivity index (χ4n) is 2.06. The van der Waals surface area contributed by atoms with Crippen molar-refractivity contribution in [2.24, 2.45) is 5.73 Å². The summed E-state index contributed by atoms with van der Waals surface area (Å²) in [6.07, 6.45) is 0. The number of fused-ring (bicyclic) bond motifs is 3. The van der Waals surface area contributed by atoms with Crippen LogP contribution in [-0.2, 0) is 0 Å². The van der Waals surface area contributed by atoms with Crippen molar-refractivity contribution >= 4 is 27.6 Å². The Kier molecular flexibility index (Phi) is 2.16. The first-order valence-electron chi connectivity index (χ1n) is 5.34. The van der Waals surface area contributed by atoms with Gasteiger partial charge in [-0.1, -0.05) is 18.2 Å². The van der Waals surface area contributed by atoms with Crippen molar-refractivity contribution < 1.29 is 9.21 Å². The number of amides is 1. The van der Waals surface area contributed by atoms with Gasteiger partial charge in [-0.15, -0.1) is 0 Å². The molecule has 0 bridgehead atoms. The highest BCUT2D eigenvalue weighted by Gasteiger charge is 2.13. The first-order valence-corrected chi connectivity index (χ1v) is 5.34. The lowest BCUT2D eigenvalue weighted by Gasteiger charge is -2.05. The van der Waals surface area contributed by atoms with Crippen LogP contribution in [0, 0.1) is 6.07 Å². The lowest BCUT2D eigenvalue weighted by atomic mass is 10.0. The van der Waals surface area contributed by atoms with Crippen molar-refractivity contribution in [1.29, 1.82) is 0 Å². The molecule has 0 aliphatic heterocycles. The molecule has 0 aliphatic carbocycles. The number of hydrogen-bond donors (Lipinski definition) is 1. The number of carbonyl (C=O) groups is 1. The number of primary amides is 1. The van der Waals surface area contributed by atoms with Gasteiger partial charge < -0.3 is 10.2 Å². The van der Waals surface area contributed by atoms with Crippen LogP contribution in [0.25, 0.3) is 21.7 Å². The third-order valence-electron chi connectivity index (χ3n) is 2.82. The van der Waals surface area contributed by atoms with Crippen molar-refractivity contribution in [3.63, 3.8) is 0 Å². The lowest BCUT2D eigenvalue weighted by Crippen LogP contribution is -2.12. The third-order valence-corrected chi connectivity index (χ3v) is 2.82. The van der Waals surface area contributed by atoms with E-state index >= 15 is 0 Å². The minimum atomic E-state index is -0.598. The molecule has 3 rings (SSSR count). The van der Waals surface area contributed by atoms with Gasteiger partial charge in [0.05, 0.1) is 10.9 Å². The molecule has 0 aliphatic rings. The molecule has 1 aromatic heterocycles. The highest BCUT2D eigenvalue weighted by Crippen LogP contribution is 2.25. The Balaban J connectivity index is 2.67. The molecule has 87 valence electrons. The predicted octanol–water partition coefficient (Wildman–Crippen LogP) is 1.85. The molecule has 2 aromatic carbocycles. The van der Waals surface area contributed by atoms with Gasteiger partial charge in [-0.25, -0.2) is 4.79 Å². The smallest absolute Gasteiger partial charge is 0.344 e. The number of rotatable bonds is 1. The Bertz CT molecular complexity index is 833. The van der Waals surface area contributed by atoms with Gasteiger partial charge in [0.1, 0.15) is 5.58 Å². The molecule has 0 saturated heterocycles. The zero-order valence-electron chi connectivity index (χ0n) is 9.27. The second-order valence-electron chi connectivity index (χ2n) is 3.89. The number of benzene rings is 2. The standard InChI is InChI=1S/C14H8NO3/c15-13(16)10-6-3-7-11-12(10)8-4-1-2-5-9(8)14(17)18-11/h1-5,7H,(H2,15,16). The molecule has 4 nitrogen and oxygen atoms in total. The molecule has 0 unspecified atom stereocenters. The van der Waals surface area contributed by atoms with Gasteiger partial charge in [-0.2, -0.15) is 0 Å². The summed E-state index contributed by atoms with van der Waals surface area (Å²) in [5, 5.41) is 1.60. The van der Waals surface area contributed by atoms with E-state index in [-0.39, 0.29) is 5.56 Å². The van der Waals surface area contributed by atoms with Crippen LogP contribution in [-0.4, -0.2) is 5.91 Å². The molecule has 1 radical (unpaired) electrons. The number of carbonyl (C=O) groups excluding carboxylic acids is 1. The summed E-state index contributed by atoms with van der Waals surface area (Å²) in [7, 11) is 0. The van der Waals surface area contributed by atoms with E-state index in [0.717, 1.165) is 0 Å². The highest BCUT2D eigenvalue weighted by atomic mass is 16.4. The van der Waals surface area contributed by atoms with E-state index in [0.29, 0.717) is 21.7 Å². The van der Waals surface area contributed by atoms with E-state index in [9.17, 15) is 9.59 Å². The van der Waals surface area contributed by atoms with Crippen molar-refractivity contribution in [3.8, 4) is 0 Å². The van der Waals surface area contributed by atoms with Crippen LogP contribution >= 0.6 is 0 Å². The fourth-order valence-corrected chi connectivity index (χ4v) is 2.06. The molecule has 3 aromatic rings. The molecule has 1 amide bonds. The topological polar surface area (TPSA) is 73.3 Å².